The highest BCUT2D eigenvalue weighted by atomic mass is 32.1. The summed E-state index contributed by atoms with van der Waals surface area (Å²) in [6.07, 6.45) is -3.42. The number of allylic oxidation sites excluding steroid dienone is 1. The lowest BCUT2D eigenvalue weighted by Gasteiger charge is -2.17. The monoisotopic (exact) mass is 382 g/mol. The van der Waals surface area contributed by atoms with Crippen LogP contribution in [-0.2, 0) is 22.6 Å². The lowest BCUT2D eigenvalue weighted by Crippen LogP contribution is -2.43. The number of carbonyl (C=O) groups is 2. The Hall–Kier alpha value is -2.61. The quantitative estimate of drug-likeness (QED) is 0.690. The van der Waals surface area contributed by atoms with Crippen LogP contribution in [0.2, 0.25) is 0 Å². The van der Waals surface area contributed by atoms with Crippen molar-refractivity contribution in [3.8, 4) is 0 Å². The molecule has 1 amide bonds. The van der Waals surface area contributed by atoms with Crippen molar-refractivity contribution in [2.75, 3.05) is 0 Å². The van der Waals surface area contributed by atoms with Gasteiger partial charge in [-0.05, 0) is 17.0 Å². The van der Waals surface area contributed by atoms with Gasteiger partial charge in [-0.15, -0.1) is 11.3 Å². The van der Waals surface area contributed by atoms with Gasteiger partial charge in [0.25, 0.3) is 5.78 Å². The van der Waals surface area contributed by atoms with Crippen LogP contribution in [0.15, 0.2) is 60.1 Å². The second-order valence-electron chi connectivity index (χ2n) is 5.40. The number of ketones is 1. The summed E-state index contributed by atoms with van der Waals surface area (Å²) in [7, 11) is 0. The highest BCUT2D eigenvalue weighted by Gasteiger charge is 2.36. The first-order valence-corrected chi connectivity index (χ1v) is 8.62. The Labute approximate surface area is 152 Å². The predicted molar refractivity (Wildman–Crippen MR) is 93.4 cm³/mol. The van der Waals surface area contributed by atoms with Crippen molar-refractivity contribution < 1.29 is 22.8 Å². The Kier molecular flexibility index (Phi) is 6.97. The molecule has 0 saturated heterocycles. The molecule has 0 aliphatic rings. The Morgan fingerprint density at radius 1 is 1.12 bits per heavy atom. The summed E-state index contributed by atoms with van der Waals surface area (Å²) in [6.45, 7) is 0.328. The number of rotatable bonds is 8. The van der Waals surface area contributed by atoms with Gasteiger partial charge in [-0.2, -0.15) is 13.2 Å². The van der Waals surface area contributed by atoms with Gasteiger partial charge in [0.15, 0.2) is 0 Å². The minimum atomic E-state index is -4.94. The van der Waals surface area contributed by atoms with Gasteiger partial charge in [0, 0.05) is 23.6 Å². The molecule has 8 heteroatoms. The van der Waals surface area contributed by atoms with E-state index < -0.39 is 18.0 Å². The van der Waals surface area contributed by atoms with Crippen LogP contribution >= 0.6 is 11.3 Å². The first-order valence-electron chi connectivity index (χ1n) is 7.74. The molecule has 0 radical (unpaired) electrons. The number of nitrogens with one attached hydrogen (secondary N) is 2. The molecule has 2 aromatic rings. The number of amides is 1. The molecule has 2 N–H and O–H groups in total. The number of alkyl halides is 3. The van der Waals surface area contributed by atoms with Crippen molar-refractivity contribution in [2.24, 2.45) is 0 Å². The maximum atomic E-state index is 12.4. The molecule has 0 unspecified atom stereocenters. The van der Waals surface area contributed by atoms with Gasteiger partial charge in [0.05, 0.1) is 6.54 Å². The number of hydrogen-bond acceptors (Lipinski definition) is 4. The molecule has 1 aromatic carbocycles. The molecule has 2 rings (SSSR count). The smallest absolute Gasteiger partial charge is 0.379 e. The van der Waals surface area contributed by atoms with Crippen LogP contribution in [0, 0.1) is 0 Å². The number of thiophene rings is 1. The molecule has 0 aliphatic heterocycles. The molecule has 0 spiro atoms. The minimum Gasteiger partial charge on any atom is -0.379 e. The van der Waals surface area contributed by atoms with E-state index in [0.717, 1.165) is 16.6 Å². The third-order valence-electron chi connectivity index (χ3n) is 3.43. The van der Waals surface area contributed by atoms with Crippen molar-refractivity contribution in [1.29, 1.82) is 0 Å². The van der Waals surface area contributed by atoms with Crippen molar-refractivity contribution in [2.45, 2.75) is 25.2 Å². The van der Waals surface area contributed by atoms with Gasteiger partial charge in [-0.3, -0.25) is 9.59 Å². The molecule has 26 heavy (non-hydrogen) atoms. The zero-order chi connectivity index (χ0) is 19.0. The molecule has 0 fully saturated rings. The summed E-state index contributed by atoms with van der Waals surface area (Å²) in [5.41, 5.74) is 0.840. The van der Waals surface area contributed by atoms with E-state index in [4.69, 9.17) is 0 Å². The molecule has 1 atom stereocenters. The fraction of sp³-hybridized carbons (Fsp3) is 0.222. The highest BCUT2D eigenvalue weighted by molar-refractivity contribution is 7.09. The van der Waals surface area contributed by atoms with Crippen molar-refractivity contribution >= 4 is 23.0 Å². The predicted octanol–water partition coefficient (Wildman–Crippen LogP) is 3.21. The van der Waals surface area contributed by atoms with Gasteiger partial charge in [0.1, 0.15) is 6.04 Å². The van der Waals surface area contributed by atoms with Gasteiger partial charge >= 0.3 is 6.18 Å². The van der Waals surface area contributed by atoms with E-state index >= 15 is 0 Å². The lowest BCUT2D eigenvalue weighted by molar-refractivity contribution is -0.165. The van der Waals surface area contributed by atoms with E-state index in [1.165, 1.54) is 11.3 Å². The van der Waals surface area contributed by atoms with E-state index in [0.29, 0.717) is 12.6 Å². The topological polar surface area (TPSA) is 58.2 Å². The van der Waals surface area contributed by atoms with E-state index in [1.807, 2.05) is 35.7 Å². The zero-order valence-electron chi connectivity index (χ0n) is 13.6. The Bertz CT molecular complexity index is 744. The average molecular weight is 382 g/mol. The molecule has 138 valence electrons. The molecule has 0 aliphatic carbocycles. The van der Waals surface area contributed by atoms with Crippen LogP contribution in [0.3, 0.4) is 0 Å². The van der Waals surface area contributed by atoms with Gasteiger partial charge in [0.2, 0.25) is 5.91 Å². The van der Waals surface area contributed by atoms with Gasteiger partial charge < -0.3 is 10.6 Å². The molecular weight excluding hydrogens is 365 g/mol. The van der Waals surface area contributed by atoms with Gasteiger partial charge in [-0.25, -0.2) is 0 Å². The second kappa shape index (κ2) is 9.19. The van der Waals surface area contributed by atoms with Crippen molar-refractivity contribution in [1.82, 2.24) is 10.6 Å². The van der Waals surface area contributed by atoms with E-state index in [9.17, 15) is 22.8 Å². The minimum absolute atomic E-state index is 0.266. The number of benzene rings is 1. The fourth-order valence-corrected chi connectivity index (χ4v) is 2.77. The molecule has 1 heterocycles. The normalized spacial score (nSPS) is 12.7. The zero-order valence-corrected chi connectivity index (χ0v) is 14.4. The average Bonchev–Trinajstić information content (AvgIpc) is 3.12. The Morgan fingerprint density at radius 3 is 2.46 bits per heavy atom. The van der Waals surface area contributed by atoms with Crippen LogP contribution in [0.1, 0.15) is 10.4 Å². The third-order valence-corrected chi connectivity index (χ3v) is 4.30. The number of halogens is 3. The summed E-state index contributed by atoms with van der Waals surface area (Å²) in [5, 5.41) is 7.21. The summed E-state index contributed by atoms with van der Waals surface area (Å²) in [4.78, 5) is 24.3. The SMILES string of the molecule is O=C(NCc1cccs1)[C@H](Cc1ccccc1)N/C=C/C(=O)C(F)(F)F. The molecular formula is C18H17F3N2O2S. The first-order chi connectivity index (χ1) is 12.4. The third kappa shape index (κ3) is 6.36. The lowest BCUT2D eigenvalue weighted by atomic mass is 10.1. The second-order valence-corrected chi connectivity index (χ2v) is 6.43. The Morgan fingerprint density at radius 2 is 1.85 bits per heavy atom. The largest absolute Gasteiger partial charge is 0.454 e. The molecule has 0 saturated carbocycles. The van der Waals surface area contributed by atoms with Crippen molar-refractivity contribution in [3.05, 3.63) is 70.6 Å². The van der Waals surface area contributed by atoms with Gasteiger partial charge in [-0.1, -0.05) is 36.4 Å². The van der Waals surface area contributed by atoms with Crippen LogP contribution in [-0.4, -0.2) is 23.9 Å². The maximum Gasteiger partial charge on any atom is 0.454 e. The standard InChI is InChI=1S/C18H17F3N2O2S/c19-18(20,21)16(24)8-9-22-15(11-13-5-2-1-3-6-13)17(25)23-12-14-7-4-10-26-14/h1-10,15,22H,11-12H2,(H,23,25)/b9-8+/t15-/m0/s1. The van der Waals surface area contributed by atoms with Crippen LogP contribution < -0.4 is 10.6 Å². The van der Waals surface area contributed by atoms with Crippen molar-refractivity contribution in [3.63, 3.8) is 0 Å². The van der Waals surface area contributed by atoms with Crippen LogP contribution in [0.5, 0.6) is 0 Å². The molecule has 1 aromatic heterocycles. The maximum absolute atomic E-state index is 12.4. The highest BCUT2D eigenvalue weighted by Crippen LogP contribution is 2.16. The number of hydrogen-bond donors (Lipinski definition) is 2. The van der Waals surface area contributed by atoms with E-state index in [-0.39, 0.29) is 12.3 Å². The summed E-state index contributed by atoms with van der Waals surface area (Å²) < 4.78 is 36.8. The van der Waals surface area contributed by atoms with Crippen LogP contribution in [0.4, 0.5) is 13.2 Å². The summed E-state index contributed by atoms with van der Waals surface area (Å²) in [5.74, 6) is -2.35. The molecule has 4 nitrogen and oxygen atoms in total. The summed E-state index contributed by atoms with van der Waals surface area (Å²) >= 11 is 1.49. The van der Waals surface area contributed by atoms with E-state index in [2.05, 4.69) is 10.6 Å². The summed E-state index contributed by atoms with van der Waals surface area (Å²) in [6, 6.07) is 12.0. The first kappa shape index (κ1) is 19.7. The fourth-order valence-electron chi connectivity index (χ4n) is 2.12. The number of carbonyl (C=O) groups excluding carboxylic acids is 2. The Balaban J connectivity index is 2.01. The molecule has 0 bridgehead atoms. The van der Waals surface area contributed by atoms with Crippen LogP contribution in [0.25, 0.3) is 0 Å². The van der Waals surface area contributed by atoms with E-state index in [1.54, 1.807) is 12.1 Å².